The van der Waals surface area contributed by atoms with E-state index in [-0.39, 0.29) is 23.8 Å². The highest BCUT2D eigenvalue weighted by molar-refractivity contribution is 5.94. The van der Waals surface area contributed by atoms with Crippen molar-refractivity contribution in [2.75, 3.05) is 13.1 Å². The molecule has 7 nitrogen and oxygen atoms in total. The average molecular weight is 435 g/mol. The summed E-state index contributed by atoms with van der Waals surface area (Å²) in [7, 11) is 0. The number of carbonyl (C=O) groups is 2. The largest absolute Gasteiger partial charge is 0.487 e. The number of nitrogens with zero attached hydrogens (tertiary/aromatic N) is 3. The smallest absolute Gasteiger partial charge is 0.253 e. The number of fused-ring (bicyclic) bond motifs is 1. The third-order valence-electron chi connectivity index (χ3n) is 5.72. The molecule has 1 unspecified atom stereocenters. The number of piperidine rings is 1. The molecule has 0 saturated carbocycles. The maximum Gasteiger partial charge on any atom is 0.253 e. The number of rotatable bonds is 6. The molecule has 0 bridgehead atoms. The molecule has 1 N–H and O–H groups in total. The molecule has 32 heavy (non-hydrogen) atoms. The van der Waals surface area contributed by atoms with Crippen LogP contribution in [0.5, 0.6) is 5.75 Å². The summed E-state index contributed by atoms with van der Waals surface area (Å²) < 4.78 is 7.86. The van der Waals surface area contributed by atoms with Crippen molar-refractivity contribution in [3.05, 3.63) is 65.6 Å². The fraction of sp³-hybridized carbons (Fsp3) is 0.400. The third-order valence-corrected chi connectivity index (χ3v) is 5.72. The molecular formula is C25H30N4O3. The molecule has 7 heteroatoms. The van der Waals surface area contributed by atoms with Gasteiger partial charge in [0.15, 0.2) is 0 Å². The van der Waals surface area contributed by atoms with E-state index in [0.717, 1.165) is 24.2 Å². The van der Waals surface area contributed by atoms with Crippen molar-refractivity contribution in [1.82, 2.24) is 19.6 Å². The van der Waals surface area contributed by atoms with Gasteiger partial charge in [-0.2, -0.15) is 0 Å². The van der Waals surface area contributed by atoms with Crippen LogP contribution in [0.3, 0.4) is 0 Å². The summed E-state index contributed by atoms with van der Waals surface area (Å²) >= 11 is 0. The highest BCUT2D eigenvalue weighted by Gasteiger charge is 2.26. The molecule has 0 radical (unpaired) electrons. The van der Waals surface area contributed by atoms with E-state index in [1.807, 2.05) is 66.7 Å². The van der Waals surface area contributed by atoms with Crippen molar-refractivity contribution in [2.24, 2.45) is 5.92 Å². The van der Waals surface area contributed by atoms with Crippen LogP contribution in [0, 0.1) is 12.8 Å². The van der Waals surface area contributed by atoms with Crippen LogP contribution in [-0.2, 0) is 11.4 Å². The minimum Gasteiger partial charge on any atom is -0.487 e. The molecular weight excluding hydrogens is 404 g/mol. The van der Waals surface area contributed by atoms with Crippen LogP contribution >= 0.6 is 0 Å². The number of amides is 2. The van der Waals surface area contributed by atoms with E-state index in [1.165, 1.54) is 5.56 Å². The van der Waals surface area contributed by atoms with Crippen LogP contribution in [0.25, 0.3) is 5.65 Å². The van der Waals surface area contributed by atoms with Gasteiger partial charge in [0.05, 0.1) is 5.69 Å². The number of likely N-dealkylation sites (tertiary alicyclic amines) is 1. The summed E-state index contributed by atoms with van der Waals surface area (Å²) in [6.45, 7) is 7.41. The molecule has 2 aromatic heterocycles. The average Bonchev–Trinajstić information content (AvgIpc) is 3.19. The van der Waals surface area contributed by atoms with E-state index >= 15 is 0 Å². The number of ether oxygens (including phenoxy) is 1. The molecule has 168 valence electrons. The molecule has 0 aliphatic carbocycles. The second kappa shape index (κ2) is 9.42. The summed E-state index contributed by atoms with van der Waals surface area (Å²) in [5.74, 6) is 0.649. The summed E-state index contributed by atoms with van der Waals surface area (Å²) in [5.41, 5.74) is 3.53. The van der Waals surface area contributed by atoms with Gasteiger partial charge in [0.2, 0.25) is 5.91 Å². The van der Waals surface area contributed by atoms with Crippen LogP contribution in [0.15, 0.2) is 48.8 Å². The topological polar surface area (TPSA) is 75.9 Å². The minimum absolute atomic E-state index is 0.0134. The van der Waals surface area contributed by atoms with Crippen molar-refractivity contribution in [1.29, 1.82) is 0 Å². The van der Waals surface area contributed by atoms with Crippen LogP contribution < -0.4 is 10.1 Å². The van der Waals surface area contributed by atoms with E-state index in [4.69, 9.17) is 4.74 Å². The fourth-order valence-corrected chi connectivity index (χ4v) is 3.91. The highest BCUT2D eigenvalue weighted by atomic mass is 16.5. The molecule has 1 aliphatic heterocycles. The first-order valence-electron chi connectivity index (χ1n) is 11.2. The summed E-state index contributed by atoms with van der Waals surface area (Å²) in [6, 6.07) is 11.2. The first-order valence-corrected chi connectivity index (χ1v) is 11.2. The maximum absolute atomic E-state index is 12.9. The minimum atomic E-state index is -0.0571. The lowest BCUT2D eigenvalue weighted by Gasteiger charge is -2.33. The highest BCUT2D eigenvalue weighted by Crippen LogP contribution is 2.18. The molecule has 4 rings (SSSR count). The lowest BCUT2D eigenvalue weighted by atomic mass is 10.0. The standard InChI is InChI=1S/C25H30N4O3/c1-17(2)24(30)27-20-5-4-12-28(14-20)25(31)19-7-9-22(10-8-19)32-16-21-15-29-13-18(3)6-11-23(29)26-21/h6-11,13,15,17,20H,4-5,12,14,16H2,1-3H3,(H,27,30). The fourth-order valence-electron chi connectivity index (χ4n) is 3.91. The predicted molar refractivity (Wildman–Crippen MR) is 123 cm³/mol. The van der Waals surface area contributed by atoms with Crippen LogP contribution in [0.1, 0.15) is 48.3 Å². The molecule has 0 spiro atoms. The summed E-state index contributed by atoms with van der Waals surface area (Å²) in [6.07, 6.45) is 5.78. The molecule has 1 saturated heterocycles. The summed E-state index contributed by atoms with van der Waals surface area (Å²) in [5, 5.41) is 3.05. The van der Waals surface area contributed by atoms with Crippen molar-refractivity contribution < 1.29 is 14.3 Å². The Labute approximate surface area is 188 Å². The molecule has 1 fully saturated rings. The second-order valence-corrected chi connectivity index (χ2v) is 8.77. The summed E-state index contributed by atoms with van der Waals surface area (Å²) in [4.78, 5) is 31.3. The Kier molecular flexibility index (Phi) is 6.44. The van der Waals surface area contributed by atoms with E-state index in [2.05, 4.69) is 10.3 Å². The molecule has 1 aliphatic rings. The first-order chi connectivity index (χ1) is 15.4. The number of imidazole rings is 1. The number of hydrogen-bond acceptors (Lipinski definition) is 4. The van der Waals surface area contributed by atoms with Crippen molar-refractivity contribution >= 4 is 17.5 Å². The van der Waals surface area contributed by atoms with Crippen LogP contribution in [0.4, 0.5) is 0 Å². The molecule has 3 heterocycles. The van der Waals surface area contributed by atoms with Gasteiger partial charge >= 0.3 is 0 Å². The normalized spacial score (nSPS) is 16.4. The lowest BCUT2D eigenvalue weighted by molar-refractivity contribution is -0.125. The lowest BCUT2D eigenvalue weighted by Crippen LogP contribution is -2.50. The van der Waals surface area contributed by atoms with Crippen molar-refractivity contribution in [3.8, 4) is 5.75 Å². The van der Waals surface area contributed by atoms with Gasteiger partial charge in [-0.1, -0.05) is 19.9 Å². The zero-order valence-electron chi connectivity index (χ0n) is 18.9. The SMILES string of the molecule is Cc1ccc2nc(COc3ccc(C(=O)N4CCCC(NC(=O)C(C)C)C4)cc3)cn2c1. The number of hydrogen-bond donors (Lipinski definition) is 1. The van der Waals surface area contributed by atoms with Gasteiger partial charge in [-0.3, -0.25) is 9.59 Å². The van der Waals surface area contributed by atoms with E-state index < -0.39 is 0 Å². The molecule has 2 amide bonds. The number of nitrogens with one attached hydrogen (secondary N) is 1. The number of carbonyl (C=O) groups excluding carboxylic acids is 2. The van der Waals surface area contributed by atoms with E-state index in [1.54, 1.807) is 12.1 Å². The maximum atomic E-state index is 12.9. The third kappa shape index (κ3) is 5.10. The Morgan fingerprint density at radius 2 is 1.94 bits per heavy atom. The van der Waals surface area contributed by atoms with Crippen molar-refractivity contribution in [2.45, 2.75) is 46.3 Å². The first kappa shape index (κ1) is 21.9. The van der Waals surface area contributed by atoms with E-state index in [9.17, 15) is 9.59 Å². The predicted octanol–water partition coefficient (Wildman–Crippen LogP) is 3.60. The molecule has 3 aromatic rings. The van der Waals surface area contributed by atoms with Gasteiger partial charge < -0.3 is 19.4 Å². The Bertz CT molecular complexity index is 1100. The Morgan fingerprint density at radius 3 is 2.69 bits per heavy atom. The van der Waals surface area contributed by atoms with E-state index in [0.29, 0.717) is 31.0 Å². The van der Waals surface area contributed by atoms with Gasteiger partial charge in [0.1, 0.15) is 18.0 Å². The Hall–Kier alpha value is -3.35. The zero-order valence-corrected chi connectivity index (χ0v) is 18.9. The van der Waals surface area contributed by atoms with Gasteiger partial charge in [0, 0.05) is 43.0 Å². The zero-order chi connectivity index (χ0) is 22.7. The van der Waals surface area contributed by atoms with Crippen LogP contribution in [0.2, 0.25) is 0 Å². The van der Waals surface area contributed by atoms with Gasteiger partial charge in [-0.15, -0.1) is 0 Å². The number of benzene rings is 1. The Balaban J connectivity index is 1.34. The quantitative estimate of drug-likeness (QED) is 0.643. The van der Waals surface area contributed by atoms with Gasteiger partial charge in [-0.25, -0.2) is 4.98 Å². The number of aromatic nitrogens is 2. The van der Waals surface area contributed by atoms with Crippen molar-refractivity contribution in [3.63, 3.8) is 0 Å². The molecule has 1 atom stereocenters. The Morgan fingerprint density at radius 1 is 1.16 bits per heavy atom. The monoisotopic (exact) mass is 434 g/mol. The van der Waals surface area contributed by atoms with Gasteiger partial charge in [-0.05, 0) is 55.7 Å². The van der Waals surface area contributed by atoms with Gasteiger partial charge in [0.25, 0.3) is 5.91 Å². The molecule has 1 aromatic carbocycles. The number of pyridine rings is 1. The second-order valence-electron chi connectivity index (χ2n) is 8.77. The number of aryl methyl sites for hydroxylation is 1. The van der Waals surface area contributed by atoms with Crippen LogP contribution in [-0.4, -0.2) is 45.2 Å².